The fraction of sp³-hybridized carbons (Fsp3) is 0.500. The fourth-order valence-electron chi connectivity index (χ4n) is 5.22. The summed E-state index contributed by atoms with van der Waals surface area (Å²) in [5.41, 5.74) is 0.747. The standard InChI is InChI=1S/C20H23N5O4/c1-28-11-16-23-17(29-24-16)10-21-18(26)14-9-12-5-4-8-25(12)20(14)13-6-2-3-7-15(13)22-19(20)27/h2-3,6-7,12,14H,4-5,8-11H2,1H3,(H,21,26)(H,22,27)/t12-,14+,20+/m1/s1. The molecule has 0 radical (unpaired) electrons. The van der Waals surface area contributed by atoms with E-state index in [9.17, 15) is 9.59 Å². The zero-order valence-electron chi connectivity index (χ0n) is 16.2. The Labute approximate surface area is 167 Å². The van der Waals surface area contributed by atoms with Crippen molar-refractivity contribution in [3.8, 4) is 0 Å². The maximum Gasteiger partial charge on any atom is 0.250 e. The van der Waals surface area contributed by atoms with Crippen LogP contribution in [0.15, 0.2) is 28.8 Å². The minimum absolute atomic E-state index is 0.108. The van der Waals surface area contributed by atoms with E-state index in [2.05, 4.69) is 25.7 Å². The Balaban J connectivity index is 1.42. The van der Waals surface area contributed by atoms with Crippen molar-refractivity contribution in [2.45, 2.75) is 44.0 Å². The number of nitrogens with zero attached hydrogens (tertiary/aromatic N) is 3. The first kappa shape index (κ1) is 18.3. The molecule has 9 nitrogen and oxygen atoms in total. The molecule has 152 valence electrons. The van der Waals surface area contributed by atoms with Crippen molar-refractivity contribution in [2.75, 3.05) is 19.0 Å². The summed E-state index contributed by atoms with van der Waals surface area (Å²) in [6, 6.07) is 7.92. The van der Waals surface area contributed by atoms with E-state index in [0.717, 1.165) is 30.6 Å². The molecule has 1 aromatic carbocycles. The SMILES string of the molecule is COCc1noc(CNC(=O)[C@@H]2C[C@H]3CCCN3[C@]23C(=O)Nc2ccccc23)n1. The Morgan fingerprint density at radius 3 is 3.17 bits per heavy atom. The molecule has 0 unspecified atom stereocenters. The molecule has 4 heterocycles. The minimum Gasteiger partial charge on any atom is -0.377 e. The van der Waals surface area contributed by atoms with Crippen LogP contribution in [0.5, 0.6) is 0 Å². The number of nitrogens with one attached hydrogen (secondary N) is 2. The molecule has 2 aromatic rings. The predicted molar refractivity (Wildman–Crippen MR) is 101 cm³/mol. The van der Waals surface area contributed by atoms with E-state index in [1.165, 1.54) is 0 Å². The van der Waals surface area contributed by atoms with Crippen LogP contribution in [0.2, 0.25) is 0 Å². The molecule has 1 aromatic heterocycles. The Morgan fingerprint density at radius 1 is 1.45 bits per heavy atom. The number of aromatic nitrogens is 2. The van der Waals surface area contributed by atoms with E-state index < -0.39 is 11.5 Å². The van der Waals surface area contributed by atoms with Gasteiger partial charge in [0.05, 0.1) is 12.5 Å². The lowest BCUT2D eigenvalue weighted by Gasteiger charge is -2.36. The van der Waals surface area contributed by atoms with Gasteiger partial charge < -0.3 is 19.9 Å². The monoisotopic (exact) mass is 397 g/mol. The first-order valence-corrected chi connectivity index (χ1v) is 9.90. The van der Waals surface area contributed by atoms with Gasteiger partial charge in [-0.15, -0.1) is 0 Å². The fourth-order valence-corrected chi connectivity index (χ4v) is 5.22. The highest BCUT2D eigenvalue weighted by molar-refractivity contribution is 6.09. The van der Waals surface area contributed by atoms with Crippen molar-refractivity contribution in [2.24, 2.45) is 5.92 Å². The van der Waals surface area contributed by atoms with E-state index in [0.29, 0.717) is 18.1 Å². The maximum atomic E-state index is 13.3. The molecular weight excluding hydrogens is 374 g/mol. The first-order valence-electron chi connectivity index (χ1n) is 9.90. The molecule has 5 rings (SSSR count). The number of fused-ring (bicyclic) bond motifs is 4. The summed E-state index contributed by atoms with van der Waals surface area (Å²) in [5.74, 6) is -0.00738. The van der Waals surface area contributed by atoms with Crippen molar-refractivity contribution in [3.63, 3.8) is 0 Å². The summed E-state index contributed by atoms with van der Waals surface area (Å²) in [6.07, 6.45) is 2.71. The average Bonchev–Trinajstić information content (AvgIpc) is 3.46. The van der Waals surface area contributed by atoms with E-state index in [1.807, 2.05) is 24.3 Å². The lowest BCUT2D eigenvalue weighted by molar-refractivity contribution is -0.137. The van der Waals surface area contributed by atoms with Crippen LogP contribution in [-0.2, 0) is 33.0 Å². The topological polar surface area (TPSA) is 110 Å². The first-order chi connectivity index (χ1) is 14.1. The van der Waals surface area contributed by atoms with Gasteiger partial charge in [0.2, 0.25) is 17.7 Å². The van der Waals surface area contributed by atoms with Crippen molar-refractivity contribution in [3.05, 3.63) is 41.5 Å². The molecule has 2 fully saturated rings. The zero-order valence-corrected chi connectivity index (χ0v) is 16.2. The lowest BCUT2D eigenvalue weighted by Crippen LogP contribution is -2.54. The van der Waals surface area contributed by atoms with Gasteiger partial charge in [0.25, 0.3) is 0 Å². The van der Waals surface area contributed by atoms with Crippen LogP contribution in [0.4, 0.5) is 5.69 Å². The quantitative estimate of drug-likeness (QED) is 0.779. The van der Waals surface area contributed by atoms with Crippen molar-refractivity contribution in [1.82, 2.24) is 20.4 Å². The summed E-state index contributed by atoms with van der Waals surface area (Å²) < 4.78 is 10.1. The normalized spacial score (nSPS) is 27.8. The van der Waals surface area contributed by atoms with Gasteiger partial charge in [-0.25, -0.2) is 0 Å². The molecule has 1 spiro atoms. The molecule has 2 saturated heterocycles. The highest BCUT2D eigenvalue weighted by Crippen LogP contribution is 2.55. The number of carbonyl (C=O) groups is 2. The molecule has 0 aliphatic carbocycles. The Morgan fingerprint density at radius 2 is 2.31 bits per heavy atom. The molecule has 29 heavy (non-hydrogen) atoms. The molecule has 9 heteroatoms. The van der Waals surface area contributed by atoms with Crippen LogP contribution in [0.3, 0.4) is 0 Å². The van der Waals surface area contributed by atoms with E-state index in [1.54, 1.807) is 7.11 Å². The number of para-hydroxylation sites is 1. The number of ether oxygens (including phenoxy) is 1. The van der Waals surface area contributed by atoms with Gasteiger partial charge in [-0.05, 0) is 31.9 Å². The van der Waals surface area contributed by atoms with Gasteiger partial charge in [0.15, 0.2) is 5.82 Å². The van der Waals surface area contributed by atoms with Crippen molar-refractivity contribution < 1.29 is 18.8 Å². The smallest absolute Gasteiger partial charge is 0.250 e. The van der Waals surface area contributed by atoms with Gasteiger partial charge in [0.1, 0.15) is 12.1 Å². The number of hydrogen-bond donors (Lipinski definition) is 2. The van der Waals surface area contributed by atoms with Gasteiger partial charge in [0, 0.05) is 24.4 Å². The third kappa shape index (κ3) is 2.68. The molecule has 3 aliphatic heterocycles. The number of amides is 2. The number of anilines is 1. The number of hydrogen-bond acceptors (Lipinski definition) is 7. The number of carbonyl (C=O) groups excluding carboxylic acids is 2. The maximum absolute atomic E-state index is 13.3. The molecule has 3 aliphatic rings. The Bertz CT molecular complexity index is 960. The van der Waals surface area contributed by atoms with E-state index in [4.69, 9.17) is 9.26 Å². The summed E-state index contributed by atoms with van der Waals surface area (Å²) in [6.45, 7) is 1.19. The number of methoxy groups -OCH3 is 1. The van der Waals surface area contributed by atoms with Crippen LogP contribution in [0.1, 0.15) is 36.5 Å². The van der Waals surface area contributed by atoms with Gasteiger partial charge in [-0.2, -0.15) is 4.98 Å². The largest absolute Gasteiger partial charge is 0.377 e. The second-order valence-electron chi connectivity index (χ2n) is 7.80. The second-order valence-corrected chi connectivity index (χ2v) is 7.80. The van der Waals surface area contributed by atoms with Gasteiger partial charge in [-0.3, -0.25) is 14.5 Å². The highest BCUT2D eigenvalue weighted by Gasteiger charge is 2.65. The zero-order chi connectivity index (χ0) is 20.0. The molecule has 2 N–H and O–H groups in total. The predicted octanol–water partition coefficient (Wildman–Crippen LogP) is 1.16. The van der Waals surface area contributed by atoms with Crippen molar-refractivity contribution >= 4 is 17.5 Å². The third-order valence-corrected chi connectivity index (χ3v) is 6.29. The summed E-state index contributed by atoms with van der Waals surface area (Å²) in [5, 5.41) is 9.71. The summed E-state index contributed by atoms with van der Waals surface area (Å²) >= 11 is 0. The van der Waals surface area contributed by atoms with E-state index in [-0.39, 0.29) is 31.0 Å². The van der Waals surface area contributed by atoms with Gasteiger partial charge in [-0.1, -0.05) is 23.4 Å². The van der Waals surface area contributed by atoms with Crippen LogP contribution < -0.4 is 10.6 Å². The van der Waals surface area contributed by atoms with E-state index >= 15 is 0 Å². The summed E-state index contributed by atoms with van der Waals surface area (Å²) in [4.78, 5) is 33.0. The Hall–Kier alpha value is -2.78. The minimum atomic E-state index is -0.947. The molecular formula is C20H23N5O4. The van der Waals surface area contributed by atoms with Crippen LogP contribution in [0, 0.1) is 5.92 Å². The molecule has 3 atom stereocenters. The molecule has 0 bridgehead atoms. The van der Waals surface area contributed by atoms with Crippen LogP contribution in [-0.4, -0.2) is 46.6 Å². The molecule has 2 amide bonds. The van der Waals surface area contributed by atoms with Crippen molar-refractivity contribution in [1.29, 1.82) is 0 Å². The second kappa shape index (κ2) is 6.93. The average molecular weight is 397 g/mol. The third-order valence-electron chi connectivity index (χ3n) is 6.29. The van der Waals surface area contributed by atoms with Crippen LogP contribution in [0.25, 0.3) is 0 Å². The number of benzene rings is 1. The van der Waals surface area contributed by atoms with Crippen LogP contribution >= 0.6 is 0 Å². The lowest BCUT2D eigenvalue weighted by atomic mass is 9.78. The molecule has 0 saturated carbocycles. The number of rotatable bonds is 5. The highest BCUT2D eigenvalue weighted by atomic mass is 16.5. The summed E-state index contributed by atoms with van der Waals surface area (Å²) in [7, 11) is 1.55. The Kier molecular flexibility index (Phi) is 4.36. The van der Waals surface area contributed by atoms with Gasteiger partial charge >= 0.3 is 0 Å².